The van der Waals surface area contributed by atoms with Crippen LogP contribution >= 0.6 is 27.3 Å². The van der Waals surface area contributed by atoms with Gasteiger partial charge in [-0.1, -0.05) is 13.8 Å². The number of halogens is 1. The van der Waals surface area contributed by atoms with Crippen LogP contribution < -0.4 is 10.6 Å². The van der Waals surface area contributed by atoms with E-state index in [4.69, 9.17) is 0 Å². The van der Waals surface area contributed by atoms with Gasteiger partial charge >= 0.3 is 0 Å². The molecule has 4 heteroatoms. The molecule has 2 N–H and O–H groups in total. The van der Waals surface area contributed by atoms with Crippen molar-refractivity contribution in [2.24, 2.45) is 0 Å². The first-order chi connectivity index (χ1) is 6.56. The van der Waals surface area contributed by atoms with Crippen molar-refractivity contribution < 1.29 is 0 Å². The molecule has 0 aliphatic carbocycles. The van der Waals surface area contributed by atoms with Crippen LogP contribution in [-0.2, 0) is 5.41 Å². The highest BCUT2D eigenvalue weighted by Crippen LogP contribution is 2.32. The molecule has 0 atom stereocenters. The summed E-state index contributed by atoms with van der Waals surface area (Å²) >= 11 is 5.30. The van der Waals surface area contributed by atoms with Gasteiger partial charge in [-0.25, -0.2) is 0 Å². The maximum absolute atomic E-state index is 3.49. The molecule has 1 heterocycles. The van der Waals surface area contributed by atoms with E-state index in [-0.39, 0.29) is 5.41 Å². The first kappa shape index (κ1) is 12.2. The lowest BCUT2D eigenvalue weighted by Crippen LogP contribution is -2.36. The molecular formula is C10H17BrN2S. The highest BCUT2D eigenvalue weighted by atomic mass is 79.9. The zero-order chi connectivity index (χ0) is 10.6. The fourth-order valence-corrected chi connectivity index (χ4v) is 2.75. The minimum absolute atomic E-state index is 0.202. The van der Waals surface area contributed by atoms with Crippen LogP contribution in [0.3, 0.4) is 0 Å². The second-order valence-electron chi connectivity index (χ2n) is 3.94. The van der Waals surface area contributed by atoms with Crippen LogP contribution in [0.2, 0.25) is 0 Å². The molecule has 0 aliphatic rings. The Balaban J connectivity index is 2.56. The van der Waals surface area contributed by atoms with Crippen LogP contribution in [0.5, 0.6) is 0 Å². The third kappa shape index (κ3) is 3.35. The summed E-state index contributed by atoms with van der Waals surface area (Å²) in [4.78, 5) is 1.41. The maximum atomic E-state index is 3.49. The van der Waals surface area contributed by atoms with E-state index in [0.717, 1.165) is 13.2 Å². The quantitative estimate of drug-likeness (QED) is 0.638. The monoisotopic (exact) mass is 276 g/mol. The van der Waals surface area contributed by atoms with E-state index in [1.165, 1.54) is 8.66 Å². The van der Waals surface area contributed by atoms with Crippen LogP contribution in [-0.4, -0.2) is 20.3 Å². The van der Waals surface area contributed by atoms with Gasteiger partial charge in [-0.3, -0.25) is 0 Å². The van der Waals surface area contributed by atoms with Crippen molar-refractivity contribution in [1.82, 2.24) is 10.6 Å². The van der Waals surface area contributed by atoms with Gasteiger partial charge in [0.05, 0.1) is 3.79 Å². The Labute approximate surface area is 98.2 Å². The summed E-state index contributed by atoms with van der Waals surface area (Å²) < 4.78 is 1.20. The lowest BCUT2D eigenvalue weighted by Gasteiger charge is -2.23. The van der Waals surface area contributed by atoms with E-state index in [1.807, 2.05) is 18.4 Å². The highest BCUT2D eigenvalue weighted by Gasteiger charge is 2.21. The van der Waals surface area contributed by atoms with Crippen LogP contribution in [0, 0.1) is 0 Å². The van der Waals surface area contributed by atoms with Crippen LogP contribution in [0.25, 0.3) is 0 Å². The predicted octanol–water partition coefficient (Wildman–Crippen LogP) is 2.55. The van der Waals surface area contributed by atoms with Gasteiger partial charge in [-0.2, -0.15) is 0 Å². The van der Waals surface area contributed by atoms with Crippen molar-refractivity contribution in [3.8, 4) is 0 Å². The normalized spacial score (nSPS) is 12.0. The van der Waals surface area contributed by atoms with E-state index in [0.29, 0.717) is 0 Å². The van der Waals surface area contributed by atoms with Crippen LogP contribution in [0.15, 0.2) is 15.9 Å². The second-order valence-corrected chi connectivity index (χ2v) is 6.41. The summed E-state index contributed by atoms with van der Waals surface area (Å²) in [6.07, 6.45) is 0. The van der Waals surface area contributed by atoms with Gasteiger partial charge in [0.1, 0.15) is 0 Å². The van der Waals surface area contributed by atoms with Gasteiger partial charge in [-0.15, -0.1) is 11.3 Å². The molecule has 80 valence electrons. The van der Waals surface area contributed by atoms with Gasteiger partial charge in [0.2, 0.25) is 0 Å². The molecule has 0 amide bonds. The van der Waals surface area contributed by atoms with E-state index < -0.39 is 0 Å². The molecule has 2 nitrogen and oxygen atoms in total. The molecule has 0 radical (unpaired) electrons. The zero-order valence-corrected chi connectivity index (χ0v) is 11.3. The van der Waals surface area contributed by atoms with Crippen molar-refractivity contribution in [2.45, 2.75) is 19.3 Å². The predicted molar refractivity (Wildman–Crippen MR) is 67.0 cm³/mol. The number of thiophene rings is 1. The molecule has 0 aliphatic heterocycles. The summed E-state index contributed by atoms with van der Waals surface area (Å²) in [5, 5.41) is 6.44. The molecule has 1 rings (SSSR count). The Morgan fingerprint density at radius 3 is 2.64 bits per heavy atom. The standard InChI is InChI=1S/C10H17BrN2S/c1-10(2,6-13-7-12-3)8-4-5-9(11)14-8/h4-5,12-13H,6-7H2,1-3H3. The van der Waals surface area contributed by atoms with E-state index in [9.17, 15) is 0 Å². The van der Waals surface area contributed by atoms with Gasteiger partial charge in [0, 0.05) is 23.5 Å². The number of hydrogen-bond acceptors (Lipinski definition) is 3. The number of hydrogen-bond donors (Lipinski definition) is 2. The fourth-order valence-electron chi connectivity index (χ4n) is 1.27. The molecule has 0 saturated carbocycles. The first-order valence-electron chi connectivity index (χ1n) is 4.67. The Bertz CT molecular complexity index is 283. The third-order valence-corrected chi connectivity index (χ3v) is 4.10. The minimum Gasteiger partial charge on any atom is -0.308 e. The van der Waals surface area contributed by atoms with Gasteiger partial charge in [-0.05, 0) is 35.1 Å². The molecule has 0 fully saturated rings. The van der Waals surface area contributed by atoms with Gasteiger partial charge in [0.25, 0.3) is 0 Å². The highest BCUT2D eigenvalue weighted by molar-refractivity contribution is 9.11. The van der Waals surface area contributed by atoms with Crippen molar-refractivity contribution >= 4 is 27.3 Å². The summed E-state index contributed by atoms with van der Waals surface area (Å²) in [7, 11) is 1.95. The smallest absolute Gasteiger partial charge is 0.0701 e. The van der Waals surface area contributed by atoms with Crippen molar-refractivity contribution in [3.63, 3.8) is 0 Å². The van der Waals surface area contributed by atoms with E-state index >= 15 is 0 Å². The number of rotatable bonds is 5. The Morgan fingerprint density at radius 2 is 2.14 bits per heavy atom. The first-order valence-corrected chi connectivity index (χ1v) is 6.28. The Hall–Kier alpha value is 0.1000. The van der Waals surface area contributed by atoms with E-state index in [1.54, 1.807) is 0 Å². The number of nitrogens with one attached hydrogen (secondary N) is 2. The molecule has 1 aromatic heterocycles. The Kier molecular flexibility index (Phi) is 4.57. The van der Waals surface area contributed by atoms with Gasteiger partial charge < -0.3 is 10.6 Å². The minimum atomic E-state index is 0.202. The lowest BCUT2D eigenvalue weighted by atomic mass is 9.91. The topological polar surface area (TPSA) is 24.1 Å². The fraction of sp³-hybridized carbons (Fsp3) is 0.600. The van der Waals surface area contributed by atoms with Gasteiger partial charge in [0.15, 0.2) is 0 Å². The second kappa shape index (κ2) is 5.26. The molecule has 0 spiro atoms. The van der Waals surface area contributed by atoms with Crippen molar-refractivity contribution in [3.05, 3.63) is 20.8 Å². The molecule has 0 bridgehead atoms. The molecule has 0 unspecified atom stereocenters. The van der Waals surface area contributed by atoms with E-state index in [2.05, 4.69) is 52.5 Å². The zero-order valence-electron chi connectivity index (χ0n) is 8.86. The summed E-state index contributed by atoms with van der Waals surface area (Å²) in [6.45, 7) is 6.36. The Morgan fingerprint density at radius 1 is 1.43 bits per heavy atom. The third-order valence-electron chi connectivity index (χ3n) is 2.11. The molecule has 0 aromatic carbocycles. The summed E-state index contributed by atoms with van der Waals surface area (Å²) in [5.41, 5.74) is 0.202. The molecule has 1 aromatic rings. The van der Waals surface area contributed by atoms with Crippen molar-refractivity contribution in [1.29, 1.82) is 0 Å². The summed E-state index contributed by atoms with van der Waals surface area (Å²) in [6, 6.07) is 4.30. The molecule has 0 saturated heterocycles. The van der Waals surface area contributed by atoms with Crippen LogP contribution in [0.1, 0.15) is 18.7 Å². The average molecular weight is 277 g/mol. The largest absolute Gasteiger partial charge is 0.308 e. The van der Waals surface area contributed by atoms with Crippen molar-refractivity contribution in [2.75, 3.05) is 20.3 Å². The molecular weight excluding hydrogens is 260 g/mol. The maximum Gasteiger partial charge on any atom is 0.0701 e. The van der Waals surface area contributed by atoms with Crippen LogP contribution in [0.4, 0.5) is 0 Å². The summed E-state index contributed by atoms with van der Waals surface area (Å²) in [5.74, 6) is 0. The average Bonchev–Trinajstić information content (AvgIpc) is 2.53. The lowest BCUT2D eigenvalue weighted by molar-refractivity contribution is 0.468. The molecule has 14 heavy (non-hydrogen) atoms. The SMILES string of the molecule is CNCNCC(C)(C)c1ccc(Br)s1.